The Labute approximate surface area is 117 Å². The first-order chi connectivity index (χ1) is 8.88. The van der Waals surface area contributed by atoms with E-state index < -0.39 is 0 Å². The van der Waals surface area contributed by atoms with E-state index in [1.165, 1.54) is 18.7 Å². The average molecular weight is 278 g/mol. The van der Waals surface area contributed by atoms with Crippen LogP contribution in [0.15, 0.2) is 12.1 Å². The second-order valence-corrected chi connectivity index (χ2v) is 6.44. The zero-order valence-corrected chi connectivity index (χ0v) is 12.2. The predicted octanol–water partition coefficient (Wildman–Crippen LogP) is 2.27. The van der Waals surface area contributed by atoms with Gasteiger partial charge in [-0.25, -0.2) is 0 Å². The van der Waals surface area contributed by atoms with Crippen molar-refractivity contribution in [2.45, 2.75) is 32.4 Å². The second-order valence-electron chi connectivity index (χ2n) is 4.96. The standard InChI is InChI=1S/C14H18N2O2S/c1-8-4-9(2)14(12(15)5-8)16-7-11(6-13(16)18)19-10(3)17/h4-5,11H,6-7,15H2,1-3H3. The van der Waals surface area contributed by atoms with Gasteiger partial charge in [-0.1, -0.05) is 17.8 Å². The van der Waals surface area contributed by atoms with Gasteiger partial charge < -0.3 is 10.6 Å². The van der Waals surface area contributed by atoms with Gasteiger partial charge in [0.25, 0.3) is 0 Å². The highest BCUT2D eigenvalue weighted by Crippen LogP contribution is 2.35. The highest BCUT2D eigenvalue weighted by molar-refractivity contribution is 8.14. The molecule has 1 unspecified atom stereocenters. The lowest BCUT2D eigenvalue weighted by Crippen LogP contribution is -2.26. The fourth-order valence-corrected chi connectivity index (χ4v) is 3.49. The first-order valence-electron chi connectivity index (χ1n) is 6.22. The minimum atomic E-state index is 0.0325. The van der Waals surface area contributed by atoms with E-state index in [-0.39, 0.29) is 16.3 Å². The van der Waals surface area contributed by atoms with Gasteiger partial charge in [-0.2, -0.15) is 0 Å². The molecule has 1 aromatic carbocycles. The summed E-state index contributed by atoms with van der Waals surface area (Å²) < 4.78 is 0. The number of amides is 1. The number of carbonyl (C=O) groups excluding carboxylic acids is 2. The van der Waals surface area contributed by atoms with Crippen molar-refractivity contribution in [3.8, 4) is 0 Å². The third kappa shape index (κ3) is 2.92. The molecule has 2 N–H and O–H groups in total. The summed E-state index contributed by atoms with van der Waals surface area (Å²) in [7, 11) is 0. The number of nitrogens with two attached hydrogens (primary N) is 1. The molecule has 2 rings (SSSR count). The topological polar surface area (TPSA) is 63.4 Å². The quantitative estimate of drug-likeness (QED) is 0.843. The highest BCUT2D eigenvalue weighted by atomic mass is 32.2. The van der Waals surface area contributed by atoms with Crippen molar-refractivity contribution in [1.29, 1.82) is 0 Å². The van der Waals surface area contributed by atoms with Gasteiger partial charge in [0.1, 0.15) is 0 Å². The Balaban J connectivity index is 2.28. The monoisotopic (exact) mass is 278 g/mol. The Morgan fingerprint density at radius 1 is 1.42 bits per heavy atom. The predicted molar refractivity (Wildman–Crippen MR) is 79.4 cm³/mol. The molecule has 1 aliphatic rings. The molecule has 0 saturated carbocycles. The molecule has 0 bridgehead atoms. The van der Waals surface area contributed by atoms with Crippen molar-refractivity contribution >= 4 is 34.2 Å². The molecule has 0 aromatic heterocycles. The number of anilines is 2. The zero-order chi connectivity index (χ0) is 14.2. The Bertz CT molecular complexity index is 519. The molecule has 0 spiro atoms. The van der Waals surface area contributed by atoms with Crippen LogP contribution in [0.1, 0.15) is 24.5 Å². The first kappa shape index (κ1) is 13.9. The summed E-state index contributed by atoms with van der Waals surface area (Å²) in [6, 6.07) is 3.89. The van der Waals surface area contributed by atoms with Gasteiger partial charge in [0.15, 0.2) is 5.12 Å². The van der Waals surface area contributed by atoms with Gasteiger partial charge in [0, 0.05) is 25.1 Å². The van der Waals surface area contributed by atoms with E-state index in [1.54, 1.807) is 4.90 Å². The molecule has 1 atom stereocenters. The fraction of sp³-hybridized carbons (Fsp3) is 0.429. The Hall–Kier alpha value is -1.49. The maximum atomic E-state index is 12.1. The zero-order valence-electron chi connectivity index (χ0n) is 11.4. The van der Waals surface area contributed by atoms with Crippen LogP contribution in [-0.2, 0) is 9.59 Å². The minimum Gasteiger partial charge on any atom is -0.397 e. The van der Waals surface area contributed by atoms with E-state index in [0.717, 1.165) is 16.8 Å². The van der Waals surface area contributed by atoms with Crippen LogP contribution in [0.2, 0.25) is 0 Å². The SMILES string of the molecule is CC(=O)SC1CC(=O)N(c2c(C)cc(C)cc2N)C1. The molecule has 1 saturated heterocycles. The van der Waals surface area contributed by atoms with E-state index in [1.807, 2.05) is 26.0 Å². The lowest BCUT2D eigenvalue weighted by atomic mass is 10.1. The van der Waals surface area contributed by atoms with Crippen LogP contribution in [0.25, 0.3) is 0 Å². The van der Waals surface area contributed by atoms with Crippen molar-refractivity contribution in [2.75, 3.05) is 17.2 Å². The van der Waals surface area contributed by atoms with Gasteiger partial charge in [-0.05, 0) is 31.0 Å². The normalized spacial score (nSPS) is 19.0. The van der Waals surface area contributed by atoms with E-state index in [4.69, 9.17) is 5.73 Å². The Kier molecular flexibility index (Phi) is 3.85. The molecule has 4 nitrogen and oxygen atoms in total. The summed E-state index contributed by atoms with van der Waals surface area (Å²) in [6.45, 7) is 6.02. The summed E-state index contributed by atoms with van der Waals surface area (Å²) in [6.07, 6.45) is 0.400. The second kappa shape index (κ2) is 5.25. The summed E-state index contributed by atoms with van der Waals surface area (Å²) in [5.74, 6) is 0.0393. The van der Waals surface area contributed by atoms with E-state index in [9.17, 15) is 9.59 Å². The number of hydrogen-bond acceptors (Lipinski definition) is 4. The number of hydrogen-bond donors (Lipinski definition) is 1. The molecule has 19 heavy (non-hydrogen) atoms. The van der Waals surface area contributed by atoms with Crippen LogP contribution in [0.3, 0.4) is 0 Å². The van der Waals surface area contributed by atoms with Crippen molar-refractivity contribution in [1.82, 2.24) is 0 Å². The Morgan fingerprint density at radius 2 is 2.11 bits per heavy atom. The first-order valence-corrected chi connectivity index (χ1v) is 7.10. The van der Waals surface area contributed by atoms with Gasteiger partial charge in [-0.15, -0.1) is 0 Å². The van der Waals surface area contributed by atoms with Crippen molar-refractivity contribution in [2.24, 2.45) is 0 Å². The largest absolute Gasteiger partial charge is 0.397 e. The summed E-state index contributed by atoms with van der Waals surface area (Å²) >= 11 is 1.24. The van der Waals surface area contributed by atoms with Crippen LogP contribution in [-0.4, -0.2) is 22.8 Å². The number of nitrogens with zero attached hydrogens (tertiary/aromatic N) is 1. The lowest BCUT2D eigenvalue weighted by molar-refractivity contribution is -0.117. The maximum absolute atomic E-state index is 12.1. The molecule has 5 heteroatoms. The number of rotatable bonds is 2. The van der Waals surface area contributed by atoms with Crippen molar-refractivity contribution in [3.05, 3.63) is 23.3 Å². The summed E-state index contributed by atoms with van der Waals surface area (Å²) in [5.41, 5.74) is 9.54. The summed E-state index contributed by atoms with van der Waals surface area (Å²) in [4.78, 5) is 25.0. The Morgan fingerprint density at radius 3 is 2.68 bits per heavy atom. The van der Waals surface area contributed by atoms with Gasteiger partial charge in [0.05, 0.1) is 11.4 Å². The molecule has 0 aliphatic carbocycles. The lowest BCUT2D eigenvalue weighted by Gasteiger charge is -2.21. The maximum Gasteiger partial charge on any atom is 0.228 e. The third-order valence-electron chi connectivity index (χ3n) is 3.17. The van der Waals surface area contributed by atoms with E-state index in [0.29, 0.717) is 18.7 Å². The van der Waals surface area contributed by atoms with Crippen LogP contribution < -0.4 is 10.6 Å². The number of carbonyl (C=O) groups is 2. The third-order valence-corrected chi connectivity index (χ3v) is 4.15. The summed E-state index contributed by atoms with van der Waals surface area (Å²) in [5, 5.41) is 0.0818. The highest BCUT2D eigenvalue weighted by Gasteiger charge is 2.33. The van der Waals surface area contributed by atoms with Gasteiger partial charge >= 0.3 is 0 Å². The number of thioether (sulfide) groups is 1. The minimum absolute atomic E-state index is 0.0325. The molecular formula is C14H18N2O2S. The van der Waals surface area contributed by atoms with Crippen LogP contribution in [0.4, 0.5) is 11.4 Å². The van der Waals surface area contributed by atoms with Gasteiger partial charge in [0.2, 0.25) is 5.91 Å². The molecular weight excluding hydrogens is 260 g/mol. The van der Waals surface area contributed by atoms with Crippen LogP contribution in [0.5, 0.6) is 0 Å². The van der Waals surface area contributed by atoms with Crippen LogP contribution in [0, 0.1) is 13.8 Å². The molecule has 1 fully saturated rings. The number of aryl methyl sites for hydroxylation is 2. The molecule has 1 amide bonds. The molecule has 1 aliphatic heterocycles. The van der Waals surface area contributed by atoms with E-state index in [2.05, 4.69) is 0 Å². The van der Waals surface area contributed by atoms with Gasteiger partial charge in [-0.3, -0.25) is 9.59 Å². The average Bonchev–Trinajstić information content (AvgIpc) is 2.57. The van der Waals surface area contributed by atoms with Crippen LogP contribution >= 0.6 is 11.8 Å². The van der Waals surface area contributed by atoms with Crippen molar-refractivity contribution < 1.29 is 9.59 Å². The fourth-order valence-electron chi connectivity index (χ4n) is 2.57. The number of nitrogen functional groups attached to an aromatic ring is 1. The molecule has 1 heterocycles. The van der Waals surface area contributed by atoms with Crippen molar-refractivity contribution in [3.63, 3.8) is 0 Å². The molecule has 0 radical (unpaired) electrons. The molecule has 1 aromatic rings. The molecule has 102 valence electrons. The number of benzene rings is 1. The van der Waals surface area contributed by atoms with E-state index >= 15 is 0 Å². The smallest absolute Gasteiger partial charge is 0.228 e.